The Morgan fingerprint density at radius 3 is 2.75 bits per heavy atom. The summed E-state index contributed by atoms with van der Waals surface area (Å²) in [7, 11) is 0. The van der Waals surface area contributed by atoms with Crippen LogP contribution in [0.25, 0.3) is 17.0 Å². The van der Waals surface area contributed by atoms with Crippen LogP contribution in [0.4, 0.5) is 4.39 Å². The minimum atomic E-state index is -0.460. The summed E-state index contributed by atoms with van der Waals surface area (Å²) < 4.78 is 13.2. The fourth-order valence-corrected chi connectivity index (χ4v) is 2.44. The number of ketones is 1. The largest absolute Gasteiger partial charge is 0.360 e. The Kier molecular flexibility index (Phi) is 3.93. The summed E-state index contributed by atoms with van der Waals surface area (Å²) in [5.41, 5.74) is 1.76. The third kappa shape index (κ3) is 2.79. The molecule has 0 amide bonds. The molecule has 114 valence electrons. The molecule has 1 heterocycles. The van der Waals surface area contributed by atoms with Gasteiger partial charge in [0.05, 0.1) is 11.6 Å². The third-order valence-electron chi connectivity index (χ3n) is 3.58. The molecule has 3 aromatic rings. The third-order valence-corrected chi connectivity index (χ3v) is 3.58. The molecular formula is C19H10FN3O. The normalized spacial score (nSPS) is 11.0. The first-order valence-electron chi connectivity index (χ1n) is 7.05. The summed E-state index contributed by atoms with van der Waals surface area (Å²) in [5, 5.41) is 18.8. The number of fused-ring (bicyclic) bond motifs is 1. The van der Waals surface area contributed by atoms with Gasteiger partial charge in [-0.15, -0.1) is 0 Å². The van der Waals surface area contributed by atoms with Crippen molar-refractivity contribution >= 4 is 22.8 Å². The smallest absolute Gasteiger partial charge is 0.205 e. The van der Waals surface area contributed by atoms with Crippen LogP contribution < -0.4 is 0 Å². The first kappa shape index (κ1) is 15.2. The maximum atomic E-state index is 13.2. The molecule has 5 heteroatoms. The molecule has 0 spiro atoms. The fraction of sp³-hybridized carbons (Fsp3) is 0. The molecule has 0 saturated carbocycles. The average Bonchev–Trinajstić information content (AvgIpc) is 3.02. The second-order valence-electron chi connectivity index (χ2n) is 5.13. The van der Waals surface area contributed by atoms with Gasteiger partial charge >= 0.3 is 0 Å². The minimum Gasteiger partial charge on any atom is -0.360 e. The summed E-state index contributed by atoms with van der Waals surface area (Å²) >= 11 is 0. The number of rotatable bonds is 3. The monoisotopic (exact) mass is 315 g/mol. The number of aromatic nitrogens is 1. The van der Waals surface area contributed by atoms with Crippen LogP contribution in [-0.4, -0.2) is 10.8 Å². The number of aromatic amines is 1. The van der Waals surface area contributed by atoms with E-state index in [1.54, 1.807) is 24.3 Å². The quantitative estimate of drug-likeness (QED) is 0.451. The highest BCUT2D eigenvalue weighted by Crippen LogP contribution is 2.22. The maximum Gasteiger partial charge on any atom is 0.205 e. The molecule has 1 aromatic heterocycles. The van der Waals surface area contributed by atoms with Gasteiger partial charge in [-0.1, -0.05) is 12.1 Å². The Morgan fingerprint density at radius 2 is 2.00 bits per heavy atom. The lowest BCUT2D eigenvalue weighted by Gasteiger charge is -1.99. The summed E-state index contributed by atoms with van der Waals surface area (Å²) in [5.74, 6) is -0.870. The Hall–Kier alpha value is -3.70. The van der Waals surface area contributed by atoms with Crippen molar-refractivity contribution in [3.05, 3.63) is 76.7 Å². The molecule has 3 rings (SSSR count). The fourth-order valence-electron chi connectivity index (χ4n) is 2.44. The van der Waals surface area contributed by atoms with E-state index in [2.05, 4.69) is 4.98 Å². The summed E-state index contributed by atoms with van der Waals surface area (Å²) in [6.45, 7) is 0. The van der Waals surface area contributed by atoms with Gasteiger partial charge in [-0.05, 0) is 42.0 Å². The lowest BCUT2D eigenvalue weighted by Crippen LogP contribution is -2.01. The molecule has 4 nitrogen and oxygen atoms in total. The highest BCUT2D eigenvalue weighted by Gasteiger charge is 2.17. The number of halogens is 1. The molecule has 24 heavy (non-hydrogen) atoms. The zero-order chi connectivity index (χ0) is 17.1. The van der Waals surface area contributed by atoms with Crippen molar-refractivity contribution in [1.82, 2.24) is 4.98 Å². The zero-order valence-electron chi connectivity index (χ0n) is 12.4. The van der Waals surface area contributed by atoms with Crippen LogP contribution in [-0.2, 0) is 0 Å². The molecule has 0 saturated heterocycles. The highest BCUT2D eigenvalue weighted by molar-refractivity contribution is 6.19. The van der Waals surface area contributed by atoms with E-state index in [1.807, 2.05) is 12.1 Å². The molecular weight excluding hydrogens is 305 g/mol. The van der Waals surface area contributed by atoms with Gasteiger partial charge in [0.1, 0.15) is 17.5 Å². The van der Waals surface area contributed by atoms with Gasteiger partial charge in [-0.2, -0.15) is 10.5 Å². The number of nitrogens with zero attached hydrogens (tertiary/aromatic N) is 2. The Bertz CT molecular complexity index is 1060. The van der Waals surface area contributed by atoms with Gasteiger partial charge in [0.25, 0.3) is 0 Å². The van der Waals surface area contributed by atoms with Crippen LogP contribution in [0.1, 0.15) is 21.5 Å². The highest BCUT2D eigenvalue weighted by atomic mass is 19.1. The van der Waals surface area contributed by atoms with Gasteiger partial charge in [0.2, 0.25) is 5.78 Å². The molecule has 0 radical (unpaired) electrons. The maximum absolute atomic E-state index is 13.2. The molecule has 0 unspecified atom stereocenters. The number of benzene rings is 2. The Morgan fingerprint density at radius 1 is 1.17 bits per heavy atom. The summed E-state index contributed by atoms with van der Waals surface area (Å²) in [6.07, 6.45) is 2.90. The number of H-pyrrole nitrogens is 1. The van der Waals surface area contributed by atoms with Crippen molar-refractivity contribution in [2.45, 2.75) is 0 Å². The van der Waals surface area contributed by atoms with E-state index in [-0.39, 0.29) is 5.57 Å². The standard InChI is InChI=1S/C19H10FN3O/c20-15-4-5-16-17(11-23-18(16)8-15)19(24)14(10-22)7-12-2-1-3-13(6-12)9-21/h1-8,11,23H/b14-7+. The summed E-state index contributed by atoms with van der Waals surface area (Å²) in [6, 6.07) is 14.6. The van der Waals surface area contributed by atoms with E-state index in [4.69, 9.17) is 5.26 Å². The molecule has 0 aliphatic heterocycles. The second kappa shape index (κ2) is 6.20. The molecule has 0 bridgehead atoms. The number of hydrogen-bond acceptors (Lipinski definition) is 3. The molecule has 2 aromatic carbocycles. The predicted octanol–water partition coefficient (Wildman–Crippen LogP) is 3.97. The topological polar surface area (TPSA) is 80.4 Å². The number of allylic oxidation sites excluding steroid dienone is 1. The second-order valence-corrected chi connectivity index (χ2v) is 5.13. The lowest BCUT2D eigenvalue weighted by molar-refractivity contribution is 0.104. The van der Waals surface area contributed by atoms with Crippen molar-refractivity contribution in [3.63, 3.8) is 0 Å². The number of carbonyl (C=O) groups excluding carboxylic acids is 1. The number of carbonyl (C=O) groups is 1. The van der Waals surface area contributed by atoms with E-state index < -0.39 is 11.6 Å². The van der Waals surface area contributed by atoms with Crippen molar-refractivity contribution in [2.75, 3.05) is 0 Å². The van der Waals surface area contributed by atoms with Crippen LogP contribution in [0.3, 0.4) is 0 Å². The Labute approximate surface area is 137 Å². The van der Waals surface area contributed by atoms with Gasteiger partial charge in [-0.3, -0.25) is 4.79 Å². The van der Waals surface area contributed by atoms with E-state index in [1.165, 1.54) is 30.5 Å². The van der Waals surface area contributed by atoms with E-state index in [9.17, 15) is 14.4 Å². The van der Waals surface area contributed by atoms with E-state index in [0.29, 0.717) is 27.6 Å². The van der Waals surface area contributed by atoms with Gasteiger partial charge in [-0.25, -0.2) is 4.39 Å². The molecule has 0 fully saturated rings. The molecule has 0 aliphatic rings. The molecule has 0 aliphatic carbocycles. The predicted molar refractivity (Wildman–Crippen MR) is 87.3 cm³/mol. The van der Waals surface area contributed by atoms with Crippen molar-refractivity contribution in [2.24, 2.45) is 0 Å². The number of Topliss-reactive ketones (excluding diaryl/α,β-unsaturated/α-hetero) is 1. The zero-order valence-corrected chi connectivity index (χ0v) is 12.4. The van der Waals surface area contributed by atoms with Gasteiger partial charge in [0, 0.05) is 22.7 Å². The van der Waals surface area contributed by atoms with Crippen LogP contribution >= 0.6 is 0 Å². The van der Waals surface area contributed by atoms with Crippen LogP contribution in [0.5, 0.6) is 0 Å². The van der Waals surface area contributed by atoms with E-state index in [0.717, 1.165) is 0 Å². The Balaban J connectivity index is 2.04. The lowest BCUT2D eigenvalue weighted by atomic mass is 10.0. The first-order valence-corrected chi connectivity index (χ1v) is 7.05. The number of hydrogen-bond donors (Lipinski definition) is 1. The van der Waals surface area contributed by atoms with Crippen LogP contribution in [0.2, 0.25) is 0 Å². The van der Waals surface area contributed by atoms with E-state index >= 15 is 0 Å². The van der Waals surface area contributed by atoms with Gasteiger partial charge in [0.15, 0.2) is 0 Å². The molecule has 0 atom stereocenters. The minimum absolute atomic E-state index is 0.0599. The van der Waals surface area contributed by atoms with Crippen molar-refractivity contribution in [3.8, 4) is 12.1 Å². The molecule has 1 N–H and O–H groups in total. The van der Waals surface area contributed by atoms with Gasteiger partial charge < -0.3 is 4.98 Å². The van der Waals surface area contributed by atoms with Crippen molar-refractivity contribution in [1.29, 1.82) is 10.5 Å². The number of nitriles is 2. The average molecular weight is 315 g/mol. The van der Waals surface area contributed by atoms with Crippen molar-refractivity contribution < 1.29 is 9.18 Å². The van der Waals surface area contributed by atoms with Crippen LogP contribution in [0, 0.1) is 28.5 Å². The summed E-state index contributed by atoms with van der Waals surface area (Å²) in [4.78, 5) is 15.5. The SMILES string of the molecule is N#C/C(=C\c1cccc(C#N)c1)C(=O)c1c[nH]c2cc(F)ccc12. The van der Waals surface area contributed by atoms with Crippen LogP contribution in [0.15, 0.2) is 54.2 Å². The number of nitrogens with one attached hydrogen (secondary N) is 1. The first-order chi connectivity index (χ1) is 11.6.